The van der Waals surface area contributed by atoms with Crippen molar-refractivity contribution in [1.82, 2.24) is 5.06 Å². The Labute approximate surface area is 49.5 Å². The van der Waals surface area contributed by atoms with Crippen LogP contribution in [0.25, 0.3) is 0 Å². The van der Waals surface area contributed by atoms with Crippen LogP contribution in [0, 0.1) is 0 Å². The molecular weight excluding hydrogens is 106 g/mol. The molecule has 0 radical (unpaired) electrons. The fraction of sp³-hybridized carbons (Fsp3) is 1.00. The lowest BCUT2D eigenvalue weighted by atomic mass is 10.4. The molecule has 0 bridgehead atoms. The molecule has 50 valence electrons. The quantitative estimate of drug-likeness (QED) is 0.517. The molecule has 3 nitrogen and oxygen atoms in total. The van der Waals surface area contributed by atoms with Gasteiger partial charge in [0.15, 0.2) is 0 Å². The number of aliphatic hydroxyl groups is 1. The van der Waals surface area contributed by atoms with Crippen molar-refractivity contribution in [2.24, 2.45) is 0 Å². The first-order valence-corrected chi connectivity index (χ1v) is 2.78. The Morgan fingerprint density at radius 2 is 2.12 bits per heavy atom. The Bertz CT molecular complexity index is 56.4. The molecule has 0 fully saturated rings. The van der Waals surface area contributed by atoms with Gasteiger partial charge >= 0.3 is 0 Å². The van der Waals surface area contributed by atoms with Crippen molar-refractivity contribution in [3.63, 3.8) is 0 Å². The predicted octanol–water partition coefficient (Wildman–Crippen LogP) is 0.0783. The molecule has 0 saturated heterocycles. The average Bonchev–Trinajstić information content (AvgIpc) is 1.65. The van der Waals surface area contributed by atoms with Crippen LogP contribution in [-0.2, 0) is 0 Å². The van der Waals surface area contributed by atoms with Gasteiger partial charge in [-0.05, 0) is 6.92 Å². The van der Waals surface area contributed by atoms with E-state index >= 15 is 0 Å². The summed E-state index contributed by atoms with van der Waals surface area (Å²) >= 11 is 0. The molecule has 0 aromatic heterocycles. The zero-order valence-corrected chi connectivity index (χ0v) is 5.33. The maximum Gasteiger partial charge on any atom is 0.0662 e. The van der Waals surface area contributed by atoms with Gasteiger partial charge in [0.25, 0.3) is 0 Å². The van der Waals surface area contributed by atoms with Gasteiger partial charge in [-0.15, -0.1) is 0 Å². The van der Waals surface area contributed by atoms with E-state index in [0.717, 1.165) is 5.06 Å². The number of rotatable bonds is 3. The molecule has 1 atom stereocenters. The Kier molecular flexibility index (Phi) is 3.77. The topological polar surface area (TPSA) is 43.7 Å². The van der Waals surface area contributed by atoms with Crippen molar-refractivity contribution >= 4 is 0 Å². The number of aliphatic hydroxyl groups excluding tert-OH is 1. The third kappa shape index (κ3) is 4.05. The maximum atomic E-state index is 8.70. The van der Waals surface area contributed by atoms with E-state index in [-0.39, 0.29) is 0 Å². The molecule has 3 heteroatoms. The molecule has 0 amide bonds. The third-order valence-electron chi connectivity index (χ3n) is 0.840. The first-order chi connectivity index (χ1) is 3.66. The van der Waals surface area contributed by atoms with Gasteiger partial charge in [-0.2, -0.15) is 5.06 Å². The number of likely N-dealkylation sites (N-methyl/N-ethyl adjacent to an activating group) is 1. The Morgan fingerprint density at radius 1 is 1.62 bits per heavy atom. The summed E-state index contributed by atoms with van der Waals surface area (Å²) in [7, 11) is 0. The van der Waals surface area contributed by atoms with E-state index in [0.29, 0.717) is 13.1 Å². The lowest BCUT2D eigenvalue weighted by Gasteiger charge is -2.12. The molecule has 0 aromatic rings. The van der Waals surface area contributed by atoms with E-state index in [1.54, 1.807) is 6.92 Å². The van der Waals surface area contributed by atoms with Gasteiger partial charge in [-0.25, -0.2) is 0 Å². The highest BCUT2D eigenvalue weighted by Gasteiger charge is 1.99. The number of nitrogens with zero attached hydrogens (tertiary/aromatic N) is 1. The fourth-order valence-corrected chi connectivity index (χ4v) is 0.434. The first kappa shape index (κ1) is 7.88. The van der Waals surface area contributed by atoms with Crippen molar-refractivity contribution < 1.29 is 10.3 Å². The van der Waals surface area contributed by atoms with Gasteiger partial charge in [-0.1, -0.05) is 6.92 Å². The lowest BCUT2D eigenvalue weighted by Crippen LogP contribution is -2.27. The van der Waals surface area contributed by atoms with Crippen LogP contribution >= 0.6 is 0 Å². The van der Waals surface area contributed by atoms with E-state index in [9.17, 15) is 0 Å². The van der Waals surface area contributed by atoms with E-state index in [2.05, 4.69) is 0 Å². The highest BCUT2D eigenvalue weighted by Crippen LogP contribution is 1.84. The van der Waals surface area contributed by atoms with Crippen LogP contribution in [0.5, 0.6) is 0 Å². The van der Waals surface area contributed by atoms with Crippen LogP contribution in [0.15, 0.2) is 0 Å². The molecule has 0 aliphatic rings. The van der Waals surface area contributed by atoms with E-state index in [1.807, 2.05) is 6.92 Å². The smallest absolute Gasteiger partial charge is 0.0662 e. The van der Waals surface area contributed by atoms with Gasteiger partial charge in [0.2, 0.25) is 0 Å². The SMILES string of the molecule is CCN(O)CC(C)O. The standard InChI is InChI=1S/C5H13NO2/c1-3-6(8)4-5(2)7/h5,7-8H,3-4H2,1-2H3. The minimum Gasteiger partial charge on any atom is -0.392 e. The highest BCUT2D eigenvalue weighted by molar-refractivity contribution is 4.47. The predicted molar refractivity (Wildman–Crippen MR) is 30.7 cm³/mol. The van der Waals surface area contributed by atoms with Crippen molar-refractivity contribution in [2.75, 3.05) is 13.1 Å². The molecule has 0 aromatic carbocycles. The summed E-state index contributed by atoms with van der Waals surface area (Å²) in [6.07, 6.45) is -0.444. The number of hydroxylamine groups is 2. The Hall–Kier alpha value is -0.120. The van der Waals surface area contributed by atoms with Gasteiger partial charge in [0, 0.05) is 13.1 Å². The second kappa shape index (κ2) is 3.83. The van der Waals surface area contributed by atoms with Crippen LogP contribution in [-0.4, -0.2) is 34.6 Å². The molecular formula is C5H13NO2. The molecule has 0 heterocycles. The van der Waals surface area contributed by atoms with Crippen molar-refractivity contribution in [2.45, 2.75) is 20.0 Å². The minimum atomic E-state index is -0.444. The molecule has 0 aliphatic heterocycles. The van der Waals surface area contributed by atoms with Gasteiger partial charge in [0.05, 0.1) is 6.10 Å². The van der Waals surface area contributed by atoms with Gasteiger partial charge < -0.3 is 10.3 Å². The summed E-state index contributed by atoms with van der Waals surface area (Å²) in [6.45, 7) is 4.35. The summed E-state index contributed by atoms with van der Waals surface area (Å²) in [5.41, 5.74) is 0. The van der Waals surface area contributed by atoms with Crippen LogP contribution in [0.3, 0.4) is 0 Å². The van der Waals surface area contributed by atoms with Gasteiger partial charge in [-0.3, -0.25) is 0 Å². The lowest BCUT2D eigenvalue weighted by molar-refractivity contribution is -0.106. The van der Waals surface area contributed by atoms with Crippen LogP contribution in [0.2, 0.25) is 0 Å². The van der Waals surface area contributed by atoms with E-state index < -0.39 is 6.10 Å². The second-order valence-electron chi connectivity index (χ2n) is 1.85. The molecule has 0 aliphatic carbocycles. The summed E-state index contributed by atoms with van der Waals surface area (Å²) in [4.78, 5) is 0. The Balaban J connectivity index is 3.10. The maximum absolute atomic E-state index is 8.70. The van der Waals surface area contributed by atoms with E-state index in [4.69, 9.17) is 10.3 Å². The molecule has 8 heavy (non-hydrogen) atoms. The van der Waals surface area contributed by atoms with Gasteiger partial charge in [0.1, 0.15) is 0 Å². The summed E-state index contributed by atoms with van der Waals surface area (Å²) in [5, 5.41) is 18.4. The molecule has 0 rings (SSSR count). The van der Waals surface area contributed by atoms with Crippen molar-refractivity contribution in [3.8, 4) is 0 Å². The zero-order valence-electron chi connectivity index (χ0n) is 5.33. The summed E-state index contributed by atoms with van der Waals surface area (Å²) in [5.74, 6) is 0. The normalized spacial score (nSPS) is 14.6. The third-order valence-corrected chi connectivity index (χ3v) is 0.840. The van der Waals surface area contributed by atoms with Crippen LogP contribution in [0.1, 0.15) is 13.8 Å². The van der Waals surface area contributed by atoms with Crippen LogP contribution in [0.4, 0.5) is 0 Å². The highest BCUT2D eigenvalue weighted by atomic mass is 16.5. The summed E-state index contributed by atoms with van der Waals surface area (Å²) in [6, 6.07) is 0. The number of hydrogen-bond acceptors (Lipinski definition) is 3. The van der Waals surface area contributed by atoms with E-state index in [1.165, 1.54) is 0 Å². The average molecular weight is 119 g/mol. The molecule has 2 N–H and O–H groups in total. The fourth-order valence-electron chi connectivity index (χ4n) is 0.434. The Morgan fingerprint density at radius 3 is 2.25 bits per heavy atom. The van der Waals surface area contributed by atoms with Crippen molar-refractivity contribution in [1.29, 1.82) is 0 Å². The molecule has 0 saturated carbocycles. The first-order valence-electron chi connectivity index (χ1n) is 2.78. The van der Waals surface area contributed by atoms with Crippen molar-refractivity contribution in [3.05, 3.63) is 0 Å². The monoisotopic (exact) mass is 119 g/mol. The molecule has 0 spiro atoms. The van der Waals surface area contributed by atoms with Crippen LogP contribution < -0.4 is 0 Å². The largest absolute Gasteiger partial charge is 0.392 e. The number of hydrogen-bond donors (Lipinski definition) is 2. The minimum absolute atomic E-state index is 0.330. The second-order valence-corrected chi connectivity index (χ2v) is 1.85. The zero-order chi connectivity index (χ0) is 6.57. The summed E-state index contributed by atoms with van der Waals surface area (Å²) < 4.78 is 0. The molecule has 1 unspecified atom stereocenters.